The average molecular weight is 317 g/mol. The lowest BCUT2D eigenvalue weighted by Crippen LogP contribution is -2.42. The normalized spacial score (nSPS) is 37.7. The first-order chi connectivity index (χ1) is 11.4. The van der Waals surface area contributed by atoms with E-state index in [1.54, 1.807) is 96.3 Å². The van der Waals surface area contributed by atoms with Crippen LogP contribution in [0.3, 0.4) is 0 Å². The van der Waals surface area contributed by atoms with Crippen molar-refractivity contribution >= 4 is 0 Å². The van der Waals surface area contributed by atoms with Gasteiger partial charge in [-0.25, -0.2) is 0 Å². The summed E-state index contributed by atoms with van der Waals surface area (Å²) in [7, 11) is 0. The quantitative estimate of drug-likeness (QED) is 0.510. The summed E-state index contributed by atoms with van der Waals surface area (Å²) in [6, 6.07) is 0. The maximum atomic E-state index is 1.61. The minimum atomic E-state index is 1.12. The van der Waals surface area contributed by atoms with Crippen LogP contribution in [0.4, 0.5) is 0 Å². The zero-order valence-corrected chi connectivity index (χ0v) is 15.5. The van der Waals surface area contributed by atoms with E-state index < -0.39 is 0 Å². The van der Waals surface area contributed by atoms with Gasteiger partial charge in [0.15, 0.2) is 0 Å². The summed E-state index contributed by atoms with van der Waals surface area (Å²) in [4.78, 5) is 0. The molecule has 4 fully saturated rings. The number of fused-ring (bicyclic) bond motifs is 1. The Bertz CT molecular complexity index is 327. The summed E-state index contributed by atoms with van der Waals surface area (Å²) < 4.78 is 0. The standard InChI is InChI=1S/C23H40/c1-3-11-19(12-4-1)23(20-13-5-2-6-14-20)22-17-9-15-18-10-7-8-16-21(18)22/h18-23H,1-17H2. The van der Waals surface area contributed by atoms with E-state index in [0.717, 1.165) is 35.5 Å². The van der Waals surface area contributed by atoms with Crippen LogP contribution in [0.15, 0.2) is 0 Å². The van der Waals surface area contributed by atoms with Crippen molar-refractivity contribution in [2.45, 2.75) is 109 Å². The van der Waals surface area contributed by atoms with Crippen molar-refractivity contribution in [3.63, 3.8) is 0 Å². The molecular weight excluding hydrogens is 276 g/mol. The predicted octanol–water partition coefficient (Wildman–Crippen LogP) is 7.37. The van der Waals surface area contributed by atoms with Gasteiger partial charge in [-0.3, -0.25) is 0 Å². The van der Waals surface area contributed by atoms with Gasteiger partial charge in [0.1, 0.15) is 0 Å². The average Bonchev–Trinajstić information content (AvgIpc) is 2.64. The van der Waals surface area contributed by atoms with Crippen molar-refractivity contribution < 1.29 is 0 Å². The molecule has 0 radical (unpaired) electrons. The molecule has 0 aromatic rings. The zero-order valence-electron chi connectivity index (χ0n) is 15.5. The Balaban J connectivity index is 1.54. The van der Waals surface area contributed by atoms with E-state index in [2.05, 4.69) is 0 Å². The van der Waals surface area contributed by atoms with Gasteiger partial charge in [0.2, 0.25) is 0 Å². The van der Waals surface area contributed by atoms with Crippen LogP contribution in [0.1, 0.15) is 109 Å². The molecule has 0 bridgehead atoms. The lowest BCUT2D eigenvalue weighted by Gasteiger charge is -2.50. The van der Waals surface area contributed by atoms with Crippen molar-refractivity contribution in [3.05, 3.63) is 0 Å². The van der Waals surface area contributed by atoms with E-state index in [0.29, 0.717) is 0 Å². The fourth-order valence-corrected chi connectivity index (χ4v) is 7.59. The molecule has 0 saturated heterocycles. The second-order valence-corrected chi connectivity index (χ2v) is 9.68. The van der Waals surface area contributed by atoms with Crippen LogP contribution in [0.5, 0.6) is 0 Å². The highest BCUT2D eigenvalue weighted by Crippen LogP contribution is 2.53. The highest BCUT2D eigenvalue weighted by Gasteiger charge is 2.44. The molecule has 4 aliphatic carbocycles. The maximum Gasteiger partial charge on any atom is -0.0326 e. The minimum absolute atomic E-state index is 1.12. The zero-order chi connectivity index (χ0) is 15.5. The molecule has 3 atom stereocenters. The molecule has 0 aliphatic heterocycles. The van der Waals surface area contributed by atoms with Gasteiger partial charge in [0.05, 0.1) is 0 Å². The molecule has 0 nitrogen and oxygen atoms in total. The Kier molecular flexibility index (Phi) is 5.67. The van der Waals surface area contributed by atoms with Gasteiger partial charge < -0.3 is 0 Å². The molecule has 23 heavy (non-hydrogen) atoms. The van der Waals surface area contributed by atoms with E-state index in [-0.39, 0.29) is 0 Å². The number of rotatable bonds is 3. The first-order valence-corrected chi connectivity index (χ1v) is 11.4. The van der Waals surface area contributed by atoms with Crippen molar-refractivity contribution in [1.82, 2.24) is 0 Å². The van der Waals surface area contributed by atoms with Gasteiger partial charge in [0, 0.05) is 0 Å². The Morgan fingerprint density at radius 2 is 0.957 bits per heavy atom. The maximum absolute atomic E-state index is 1.61. The van der Waals surface area contributed by atoms with Crippen LogP contribution in [0, 0.1) is 35.5 Å². The van der Waals surface area contributed by atoms with E-state index in [4.69, 9.17) is 0 Å². The van der Waals surface area contributed by atoms with Gasteiger partial charge in [-0.05, 0) is 48.3 Å². The van der Waals surface area contributed by atoms with E-state index >= 15 is 0 Å². The molecule has 3 unspecified atom stereocenters. The Labute approximate surface area is 145 Å². The Morgan fingerprint density at radius 3 is 1.61 bits per heavy atom. The molecule has 0 amide bonds. The monoisotopic (exact) mass is 316 g/mol. The topological polar surface area (TPSA) is 0 Å². The van der Waals surface area contributed by atoms with Gasteiger partial charge >= 0.3 is 0 Å². The smallest absolute Gasteiger partial charge is 0.0326 e. The lowest BCUT2D eigenvalue weighted by atomic mass is 9.55. The second kappa shape index (κ2) is 7.92. The molecule has 0 heterocycles. The number of hydrogen-bond donors (Lipinski definition) is 0. The molecule has 0 N–H and O–H groups in total. The third-order valence-electron chi connectivity index (χ3n) is 8.51. The second-order valence-electron chi connectivity index (χ2n) is 9.68. The first-order valence-electron chi connectivity index (χ1n) is 11.4. The summed E-state index contributed by atoms with van der Waals surface area (Å²) in [5, 5.41) is 0. The molecule has 132 valence electrons. The molecule has 4 saturated carbocycles. The molecule has 4 aliphatic rings. The molecule has 0 heteroatoms. The summed E-state index contributed by atoms with van der Waals surface area (Å²) >= 11 is 0. The molecule has 0 aromatic carbocycles. The van der Waals surface area contributed by atoms with Crippen molar-refractivity contribution in [1.29, 1.82) is 0 Å². The van der Waals surface area contributed by atoms with Crippen LogP contribution in [0.2, 0.25) is 0 Å². The van der Waals surface area contributed by atoms with Crippen LogP contribution < -0.4 is 0 Å². The van der Waals surface area contributed by atoms with Crippen LogP contribution in [-0.4, -0.2) is 0 Å². The fraction of sp³-hybridized carbons (Fsp3) is 1.00. The van der Waals surface area contributed by atoms with Gasteiger partial charge in [0.25, 0.3) is 0 Å². The summed E-state index contributed by atoms with van der Waals surface area (Å²) in [5.74, 6) is 6.81. The van der Waals surface area contributed by atoms with E-state index in [1.165, 1.54) is 12.8 Å². The first kappa shape index (κ1) is 16.5. The van der Waals surface area contributed by atoms with Gasteiger partial charge in [-0.15, -0.1) is 0 Å². The Hall–Kier alpha value is 0. The summed E-state index contributed by atoms with van der Waals surface area (Å²) in [6.07, 6.45) is 26.7. The van der Waals surface area contributed by atoms with E-state index in [1.807, 2.05) is 0 Å². The Morgan fingerprint density at radius 1 is 0.435 bits per heavy atom. The molecular formula is C23H40. The van der Waals surface area contributed by atoms with Crippen LogP contribution in [0.25, 0.3) is 0 Å². The molecule has 4 rings (SSSR count). The highest BCUT2D eigenvalue weighted by molar-refractivity contribution is 4.94. The third kappa shape index (κ3) is 3.67. The predicted molar refractivity (Wildman–Crippen MR) is 99.4 cm³/mol. The number of hydrogen-bond acceptors (Lipinski definition) is 0. The molecule has 0 aromatic heterocycles. The SMILES string of the molecule is C1CCC(C(C2CCCCC2)C2CCCC3CCCCC32)CC1. The van der Waals surface area contributed by atoms with Crippen molar-refractivity contribution in [2.75, 3.05) is 0 Å². The third-order valence-corrected chi connectivity index (χ3v) is 8.51. The highest BCUT2D eigenvalue weighted by atomic mass is 14.5. The summed E-state index contributed by atoms with van der Waals surface area (Å²) in [5.41, 5.74) is 0. The summed E-state index contributed by atoms with van der Waals surface area (Å²) in [6.45, 7) is 0. The van der Waals surface area contributed by atoms with Crippen LogP contribution >= 0.6 is 0 Å². The van der Waals surface area contributed by atoms with Crippen LogP contribution in [-0.2, 0) is 0 Å². The minimum Gasteiger partial charge on any atom is -0.0533 e. The van der Waals surface area contributed by atoms with E-state index in [9.17, 15) is 0 Å². The van der Waals surface area contributed by atoms with Crippen molar-refractivity contribution in [3.8, 4) is 0 Å². The fourth-order valence-electron chi connectivity index (χ4n) is 7.59. The van der Waals surface area contributed by atoms with Gasteiger partial charge in [-0.1, -0.05) is 96.3 Å². The lowest BCUT2D eigenvalue weighted by molar-refractivity contribution is -0.00526. The van der Waals surface area contributed by atoms with Crippen molar-refractivity contribution in [2.24, 2.45) is 35.5 Å². The molecule has 0 spiro atoms. The largest absolute Gasteiger partial charge is 0.0533 e. The van der Waals surface area contributed by atoms with Gasteiger partial charge in [-0.2, -0.15) is 0 Å².